The van der Waals surface area contributed by atoms with Crippen molar-refractivity contribution in [1.29, 1.82) is 0 Å². The number of piperidine rings is 1. The van der Waals surface area contributed by atoms with Gasteiger partial charge in [0.05, 0.1) is 6.54 Å². The van der Waals surface area contributed by atoms with Crippen LogP contribution in [0.5, 0.6) is 0 Å². The number of pyridine rings is 1. The minimum absolute atomic E-state index is 0.0929. The molecule has 150 valence electrons. The van der Waals surface area contributed by atoms with Gasteiger partial charge in [-0.1, -0.05) is 28.9 Å². The van der Waals surface area contributed by atoms with E-state index in [1.807, 2.05) is 12.1 Å². The number of halogens is 1. The molecule has 1 atom stereocenters. The van der Waals surface area contributed by atoms with Gasteiger partial charge in [0.15, 0.2) is 5.60 Å². The topological polar surface area (TPSA) is 83.9 Å². The fourth-order valence-electron chi connectivity index (χ4n) is 3.72. The first-order chi connectivity index (χ1) is 14.0. The Balaban J connectivity index is 1.37. The summed E-state index contributed by atoms with van der Waals surface area (Å²) >= 11 is 6.01. The van der Waals surface area contributed by atoms with Crippen LogP contribution in [0.25, 0.3) is 0 Å². The molecule has 29 heavy (non-hydrogen) atoms. The molecule has 0 unspecified atom stereocenters. The lowest BCUT2D eigenvalue weighted by molar-refractivity contribution is -0.115. The average molecular weight is 413 g/mol. The second-order valence-corrected chi connectivity index (χ2v) is 7.81. The van der Waals surface area contributed by atoms with E-state index in [1.165, 1.54) is 0 Å². The van der Waals surface area contributed by atoms with Gasteiger partial charge >= 0.3 is 0 Å². The number of amides is 2. The fourth-order valence-corrected chi connectivity index (χ4v) is 3.91. The predicted octanol–water partition coefficient (Wildman–Crippen LogP) is 2.80. The minimum atomic E-state index is -0.645. The average Bonchev–Trinajstić information content (AvgIpc) is 3.15. The zero-order valence-corrected chi connectivity index (χ0v) is 16.6. The third-order valence-electron chi connectivity index (χ3n) is 5.18. The molecule has 2 aromatic rings. The number of carbonyl (C=O) groups is 2. The van der Waals surface area contributed by atoms with Crippen molar-refractivity contribution in [3.05, 3.63) is 64.9 Å². The maximum Gasteiger partial charge on any atom is 0.269 e. The predicted molar refractivity (Wildman–Crippen MR) is 109 cm³/mol. The third kappa shape index (κ3) is 4.40. The van der Waals surface area contributed by atoms with Crippen molar-refractivity contribution >= 4 is 29.1 Å². The van der Waals surface area contributed by atoms with Gasteiger partial charge in [0.2, 0.25) is 0 Å². The highest BCUT2D eigenvalue weighted by Crippen LogP contribution is 2.34. The van der Waals surface area contributed by atoms with E-state index in [9.17, 15) is 9.59 Å². The lowest BCUT2D eigenvalue weighted by Gasteiger charge is -2.38. The van der Waals surface area contributed by atoms with Crippen molar-refractivity contribution in [2.45, 2.75) is 31.4 Å². The molecular weight excluding hydrogens is 392 g/mol. The third-order valence-corrected chi connectivity index (χ3v) is 5.41. The molecule has 0 aliphatic carbocycles. The van der Waals surface area contributed by atoms with Crippen LogP contribution >= 0.6 is 11.6 Å². The Hall–Kier alpha value is -2.93. The zero-order valence-electron chi connectivity index (χ0n) is 15.8. The standard InChI is InChI=1S/C21H21ClN4O3/c22-17-6-1-5-16(10-17)20(28)26-9-3-7-21(14-26)11-18(25-29-21)19(27)24-13-15-4-2-8-23-12-15/h1-2,4-6,8,10,12H,3,7,9,11,13-14H2,(H,24,27)/t21-/m0/s1. The number of benzene rings is 1. The Morgan fingerprint density at radius 3 is 2.97 bits per heavy atom. The monoisotopic (exact) mass is 412 g/mol. The van der Waals surface area contributed by atoms with Crippen molar-refractivity contribution in [2.75, 3.05) is 13.1 Å². The minimum Gasteiger partial charge on any atom is -0.386 e. The summed E-state index contributed by atoms with van der Waals surface area (Å²) in [4.78, 5) is 36.8. The van der Waals surface area contributed by atoms with Crippen LogP contribution in [0.4, 0.5) is 0 Å². The van der Waals surface area contributed by atoms with Crippen molar-refractivity contribution < 1.29 is 14.4 Å². The van der Waals surface area contributed by atoms with Gasteiger partial charge in [-0.3, -0.25) is 14.6 Å². The quantitative estimate of drug-likeness (QED) is 0.836. The number of aromatic nitrogens is 1. The Labute approximate surface area is 173 Å². The summed E-state index contributed by atoms with van der Waals surface area (Å²) in [5, 5.41) is 7.40. The van der Waals surface area contributed by atoms with Crippen molar-refractivity contribution in [3.8, 4) is 0 Å². The molecule has 3 heterocycles. The maximum absolute atomic E-state index is 12.9. The highest BCUT2D eigenvalue weighted by Gasteiger charge is 2.45. The number of oxime groups is 1. The first-order valence-corrected chi connectivity index (χ1v) is 9.89. The Morgan fingerprint density at radius 2 is 2.17 bits per heavy atom. The summed E-state index contributed by atoms with van der Waals surface area (Å²) in [5.74, 6) is -0.353. The van der Waals surface area contributed by atoms with Gasteiger partial charge in [0, 0.05) is 42.5 Å². The van der Waals surface area contributed by atoms with Crippen molar-refractivity contribution in [2.24, 2.45) is 5.16 Å². The summed E-state index contributed by atoms with van der Waals surface area (Å²) in [6, 6.07) is 10.6. The van der Waals surface area contributed by atoms with Gasteiger partial charge in [0.25, 0.3) is 11.8 Å². The molecule has 2 aliphatic rings. The maximum atomic E-state index is 12.9. The molecule has 0 saturated carbocycles. The van der Waals surface area contributed by atoms with E-state index in [4.69, 9.17) is 16.4 Å². The largest absolute Gasteiger partial charge is 0.386 e. The molecule has 1 N–H and O–H groups in total. The van der Waals surface area contributed by atoms with Crippen LogP contribution in [-0.2, 0) is 16.2 Å². The second kappa shape index (κ2) is 8.21. The number of hydrogen-bond acceptors (Lipinski definition) is 5. The molecule has 0 bridgehead atoms. The molecule has 1 saturated heterocycles. The molecule has 1 fully saturated rings. The summed E-state index contributed by atoms with van der Waals surface area (Å²) in [6.45, 7) is 1.40. The number of nitrogens with one attached hydrogen (secondary N) is 1. The number of rotatable bonds is 4. The van der Waals surface area contributed by atoms with Crippen LogP contribution in [0, 0.1) is 0 Å². The molecule has 1 aromatic carbocycles. The van der Waals surface area contributed by atoms with Gasteiger partial charge in [-0.05, 0) is 42.7 Å². The van der Waals surface area contributed by atoms with Crippen LogP contribution in [0.3, 0.4) is 0 Å². The van der Waals surface area contributed by atoms with Gasteiger partial charge in [-0.2, -0.15) is 0 Å². The van der Waals surface area contributed by atoms with E-state index in [1.54, 1.807) is 41.6 Å². The Bertz CT molecular complexity index is 950. The molecule has 1 aromatic heterocycles. The molecule has 2 aliphatic heterocycles. The molecule has 0 radical (unpaired) electrons. The Morgan fingerprint density at radius 1 is 1.28 bits per heavy atom. The molecule has 8 heteroatoms. The van der Waals surface area contributed by atoms with Crippen LogP contribution < -0.4 is 5.32 Å². The molecular formula is C21H21ClN4O3. The van der Waals surface area contributed by atoms with Gasteiger partial charge in [-0.15, -0.1) is 0 Å². The molecule has 4 rings (SSSR count). The molecule has 7 nitrogen and oxygen atoms in total. The van der Waals surface area contributed by atoms with E-state index in [0.717, 1.165) is 18.4 Å². The van der Waals surface area contributed by atoms with E-state index < -0.39 is 5.60 Å². The van der Waals surface area contributed by atoms with Gasteiger partial charge in [0.1, 0.15) is 5.71 Å². The second-order valence-electron chi connectivity index (χ2n) is 7.37. The van der Waals surface area contributed by atoms with Gasteiger partial charge in [-0.25, -0.2) is 0 Å². The number of likely N-dealkylation sites (tertiary alicyclic amines) is 1. The zero-order chi connectivity index (χ0) is 20.3. The normalized spacial score (nSPS) is 20.9. The SMILES string of the molecule is O=C(NCc1cccnc1)C1=NO[C@@]2(CCCN(C(=O)c3cccc(Cl)c3)C2)C1. The summed E-state index contributed by atoms with van der Waals surface area (Å²) in [7, 11) is 0. The van der Waals surface area contributed by atoms with Crippen LogP contribution in [0.2, 0.25) is 5.02 Å². The Kier molecular flexibility index (Phi) is 5.49. The highest BCUT2D eigenvalue weighted by molar-refractivity contribution is 6.39. The fraction of sp³-hybridized carbons (Fsp3) is 0.333. The lowest BCUT2D eigenvalue weighted by atomic mass is 9.87. The first-order valence-electron chi connectivity index (χ1n) is 9.52. The van der Waals surface area contributed by atoms with Crippen LogP contribution in [0.15, 0.2) is 53.9 Å². The van der Waals surface area contributed by atoms with E-state index in [2.05, 4.69) is 15.5 Å². The summed E-state index contributed by atoms with van der Waals surface area (Å²) < 4.78 is 0. The van der Waals surface area contributed by atoms with Gasteiger partial charge < -0.3 is 15.1 Å². The van der Waals surface area contributed by atoms with Crippen molar-refractivity contribution in [3.63, 3.8) is 0 Å². The summed E-state index contributed by atoms with van der Waals surface area (Å²) in [6.07, 6.45) is 5.30. The smallest absolute Gasteiger partial charge is 0.269 e. The lowest BCUT2D eigenvalue weighted by Crippen LogP contribution is -2.51. The summed E-state index contributed by atoms with van der Waals surface area (Å²) in [5.41, 5.74) is 1.16. The highest BCUT2D eigenvalue weighted by atomic mass is 35.5. The number of nitrogens with zero attached hydrogens (tertiary/aromatic N) is 3. The van der Waals surface area contributed by atoms with Crippen molar-refractivity contribution in [1.82, 2.24) is 15.2 Å². The van der Waals surface area contributed by atoms with Crippen LogP contribution in [-0.4, -0.2) is 46.1 Å². The molecule has 1 spiro atoms. The number of carbonyl (C=O) groups excluding carboxylic acids is 2. The van der Waals surface area contributed by atoms with E-state index in [-0.39, 0.29) is 11.8 Å². The first kappa shape index (κ1) is 19.4. The molecule has 2 amide bonds. The van der Waals surface area contributed by atoms with E-state index >= 15 is 0 Å². The van der Waals surface area contributed by atoms with E-state index in [0.29, 0.717) is 42.4 Å². The van der Waals surface area contributed by atoms with Crippen LogP contribution in [0.1, 0.15) is 35.2 Å². The number of hydrogen-bond donors (Lipinski definition) is 1.